The predicted molar refractivity (Wildman–Crippen MR) is 61.4 cm³/mol. The first-order valence-electron chi connectivity index (χ1n) is 4.43. The second-order valence-corrected chi connectivity index (χ2v) is 3.76. The first kappa shape index (κ1) is 12.4. The molecule has 1 rings (SSSR count). The van der Waals surface area contributed by atoms with E-state index in [1.807, 2.05) is 0 Å². The Hall–Kier alpha value is -1.62. The van der Waals surface area contributed by atoms with E-state index in [0.29, 0.717) is 6.54 Å². The van der Waals surface area contributed by atoms with Crippen LogP contribution in [0.5, 0.6) is 0 Å². The van der Waals surface area contributed by atoms with Crippen molar-refractivity contribution in [2.24, 2.45) is 0 Å². The lowest BCUT2D eigenvalue weighted by Crippen LogP contribution is -2.05. The Labute approximate surface area is 96.9 Å². The van der Waals surface area contributed by atoms with Gasteiger partial charge in [0.15, 0.2) is 0 Å². The van der Waals surface area contributed by atoms with Gasteiger partial charge in [-0.05, 0) is 13.0 Å². The highest BCUT2D eigenvalue weighted by atomic mass is 35.5. The SMILES string of the molecule is C=C(C)CNc1cc(Cl)c(F)cc1[N+](=O)[O-]. The van der Waals surface area contributed by atoms with Gasteiger partial charge >= 0.3 is 0 Å². The molecule has 1 aromatic rings. The van der Waals surface area contributed by atoms with Gasteiger partial charge in [-0.1, -0.05) is 23.8 Å². The zero-order valence-electron chi connectivity index (χ0n) is 8.59. The molecule has 0 heterocycles. The minimum Gasteiger partial charge on any atom is -0.376 e. The highest BCUT2D eigenvalue weighted by Gasteiger charge is 2.17. The number of anilines is 1. The van der Waals surface area contributed by atoms with E-state index in [1.54, 1.807) is 6.92 Å². The largest absolute Gasteiger partial charge is 0.376 e. The maximum absolute atomic E-state index is 13.0. The zero-order valence-corrected chi connectivity index (χ0v) is 9.34. The standard InChI is InChI=1S/C10H10ClFN2O2/c1-6(2)5-13-9-3-7(11)8(12)4-10(9)14(15)16/h3-4,13H,1,5H2,2H3. The monoisotopic (exact) mass is 244 g/mol. The van der Waals surface area contributed by atoms with Crippen molar-refractivity contribution in [1.82, 2.24) is 0 Å². The summed E-state index contributed by atoms with van der Waals surface area (Å²) in [6.07, 6.45) is 0. The highest BCUT2D eigenvalue weighted by molar-refractivity contribution is 6.31. The Bertz CT molecular complexity index is 449. The fourth-order valence-corrected chi connectivity index (χ4v) is 1.24. The molecule has 0 atom stereocenters. The molecule has 1 aromatic carbocycles. The average Bonchev–Trinajstić information content (AvgIpc) is 2.18. The molecule has 0 saturated carbocycles. The molecule has 0 saturated heterocycles. The molecule has 0 aromatic heterocycles. The third-order valence-corrected chi connectivity index (χ3v) is 2.11. The fourth-order valence-electron chi connectivity index (χ4n) is 1.08. The predicted octanol–water partition coefficient (Wildman–Crippen LogP) is 3.38. The summed E-state index contributed by atoms with van der Waals surface area (Å²) in [5, 5.41) is 13.3. The van der Waals surface area contributed by atoms with E-state index in [2.05, 4.69) is 11.9 Å². The summed E-state index contributed by atoms with van der Waals surface area (Å²) in [6.45, 7) is 5.78. The van der Waals surface area contributed by atoms with Crippen LogP contribution in [0.4, 0.5) is 15.8 Å². The van der Waals surface area contributed by atoms with Crippen LogP contribution in [-0.4, -0.2) is 11.5 Å². The summed E-state index contributed by atoms with van der Waals surface area (Å²) in [4.78, 5) is 10.00. The summed E-state index contributed by atoms with van der Waals surface area (Å²) in [6, 6.07) is 1.99. The molecule has 0 aliphatic rings. The van der Waals surface area contributed by atoms with Crippen LogP contribution in [0.2, 0.25) is 5.02 Å². The molecule has 0 unspecified atom stereocenters. The molecule has 1 N–H and O–H groups in total. The molecule has 0 amide bonds. The summed E-state index contributed by atoms with van der Waals surface area (Å²) >= 11 is 5.55. The van der Waals surface area contributed by atoms with Gasteiger partial charge in [-0.25, -0.2) is 4.39 Å². The first-order chi connectivity index (χ1) is 7.41. The molecule has 0 aliphatic heterocycles. The van der Waals surface area contributed by atoms with Crippen molar-refractivity contribution in [2.45, 2.75) is 6.92 Å². The molecule has 0 aliphatic carbocycles. The number of nitrogens with one attached hydrogen (secondary N) is 1. The van der Waals surface area contributed by atoms with Gasteiger partial charge in [-0.2, -0.15) is 0 Å². The van der Waals surface area contributed by atoms with Gasteiger partial charge < -0.3 is 5.32 Å². The summed E-state index contributed by atoms with van der Waals surface area (Å²) in [5.41, 5.74) is 0.636. The molecule has 0 bridgehead atoms. The molecule has 16 heavy (non-hydrogen) atoms. The minimum absolute atomic E-state index is 0.158. The van der Waals surface area contributed by atoms with Crippen LogP contribution in [0.3, 0.4) is 0 Å². The number of hydrogen-bond acceptors (Lipinski definition) is 3. The first-order valence-corrected chi connectivity index (χ1v) is 4.81. The number of hydrogen-bond donors (Lipinski definition) is 1. The van der Waals surface area contributed by atoms with E-state index in [9.17, 15) is 14.5 Å². The van der Waals surface area contributed by atoms with E-state index in [1.165, 1.54) is 6.07 Å². The Morgan fingerprint density at radius 2 is 2.31 bits per heavy atom. The van der Waals surface area contributed by atoms with Crippen molar-refractivity contribution in [3.05, 3.63) is 45.2 Å². The molecule has 0 radical (unpaired) electrons. The number of nitro groups is 1. The van der Waals surface area contributed by atoms with Crippen molar-refractivity contribution in [2.75, 3.05) is 11.9 Å². The number of benzene rings is 1. The van der Waals surface area contributed by atoms with Gasteiger partial charge in [0.25, 0.3) is 5.69 Å². The Balaban J connectivity index is 3.09. The van der Waals surface area contributed by atoms with Gasteiger partial charge in [0, 0.05) is 6.54 Å². The highest BCUT2D eigenvalue weighted by Crippen LogP contribution is 2.30. The van der Waals surface area contributed by atoms with Gasteiger partial charge in [0.2, 0.25) is 0 Å². The molecule has 0 spiro atoms. The molecule has 6 heteroatoms. The van der Waals surface area contributed by atoms with E-state index in [4.69, 9.17) is 11.6 Å². The normalized spacial score (nSPS) is 9.94. The minimum atomic E-state index is -0.811. The third-order valence-electron chi connectivity index (χ3n) is 1.82. The maximum Gasteiger partial charge on any atom is 0.295 e. The van der Waals surface area contributed by atoms with E-state index < -0.39 is 10.7 Å². The summed E-state index contributed by atoms with van der Waals surface area (Å²) in [5.74, 6) is -0.811. The quantitative estimate of drug-likeness (QED) is 0.502. The van der Waals surface area contributed by atoms with Crippen LogP contribution in [0, 0.1) is 15.9 Å². The van der Waals surface area contributed by atoms with Crippen LogP contribution in [0.15, 0.2) is 24.3 Å². The third kappa shape index (κ3) is 2.93. The van der Waals surface area contributed by atoms with E-state index in [0.717, 1.165) is 11.6 Å². The fraction of sp³-hybridized carbons (Fsp3) is 0.200. The Kier molecular flexibility index (Phi) is 3.84. The Morgan fingerprint density at radius 1 is 1.69 bits per heavy atom. The average molecular weight is 245 g/mol. The van der Waals surface area contributed by atoms with Gasteiger partial charge in [0.1, 0.15) is 11.5 Å². The topological polar surface area (TPSA) is 55.2 Å². The lowest BCUT2D eigenvalue weighted by Gasteiger charge is -2.07. The van der Waals surface area contributed by atoms with Crippen LogP contribution < -0.4 is 5.32 Å². The second kappa shape index (κ2) is 4.94. The number of nitrogens with zero attached hydrogens (tertiary/aromatic N) is 1. The van der Waals surface area contributed by atoms with E-state index in [-0.39, 0.29) is 16.4 Å². The summed E-state index contributed by atoms with van der Waals surface area (Å²) in [7, 11) is 0. The van der Waals surface area contributed by atoms with E-state index >= 15 is 0 Å². The van der Waals surface area contributed by atoms with Gasteiger partial charge in [-0.3, -0.25) is 10.1 Å². The molecular weight excluding hydrogens is 235 g/mol. The zero-order chi connectivity index (χ0) is 12.3. The lowest BCUT2D eigenvalue weighted by atomic mass is 10.2. The van der Waals surface area contributed by atoms with Crippen molar-refractivity contribution >= 4 is 23.0 Å². The maximum atomic E-state index is 13.0. The molecule has 0 fully saturated rings. The smallest absolute Gasteiger partial charge is 0.295 e. The molecular formula is C10H10ClFN2O2. The van der Waals surface area contributed by atoms with Gasteiger partial charge in [-0.15, -0.1) is 0 Å². The van der Waals surface area contributed by atoms with Crippen molar-refractivity contribution in [3.63, 3.8) is 0 Å². The number of rotatable bonds is 4. The second-order valence-electron chi connectivity index (χ2n) is 3.35. The number of halogens is 2. The van der Waals surface area contributed by atoms with Crippen LogP contribution in [-0.2, 0) is 0 Å². The van der Waals surface area contributed by atoms with Crippen molar-refractivity contribution in [3.8, 4) is 0 Å². The van der Waals surface area contributed by atoms with Crippen molar-refractivity contribution < 1.29 is 9.31 Å². The molecule has 86 valence electrons. The van der Waals surface area contributed by atoms with Crippen LogP contribution in [0.25, 0.3) is 0 Å². The van der Waals surface area contributed by atoms with Crippen molar-refractivity contribution in [1.29, 1.82) is 0 Å². The Morgan fingerprint density at radius 3 is 2.81 bits per heavy atom. The van der Waals surface area contributed by atoms with Gasteiger partial charge in [0.05, 0.1) is 16.0 Å². The summed E-state index contributed by atoms with van der Waals surface area (Å²) < 4.78 is 13.0. The van der Waals surface area contributed by atoms with Crippen LogP contribution in [0.1, 0.15) is 6.92 Å². The van der Waals surface area contributed by atoms with Crippen LogP contribution >= 0.6 is 11.6 Å². The lowest BCUT2D eigenvalue weighted by molar-refractivity contribution is -0.384. The molecule has 4 nitrogen and oxygen atoms in total. The number of nitro benzene ring substituents is 1.